The highest BCUT2D eigenvalue weighted by molar-refractivity contribution is 5.96. The Morgan fingerprint density at radius 1 is 1.00 bits per heavy atom. The maximum Gasteiger partial charge on any atom is 0.275 e. The Morgan fingerprint density at radius 3 is 2.61 bits per heavy atom. The number of likely N-dealkylation sites (N-methyl/N-ethyl adjacent to an activating group) is 1. The molecular formula is C31H29FN6O3. The number of fused-ring (bicyclic) bond motifs is 1. The van der Waals surface area contributed by atoms with Crippen LogP contribution in [0.5, 0.6) is 0 Å². The van der Waals surface area contributed by atoms with Crippen LogP contribution in [0.25, 0.3) is 27.8 Å². The van der Waals surface area contributed by atoms with Crippen LogP contribution in [-0.4, -0.2) is 46.1 Å². The van der Waals surface area contributed by atoms with Gasteiger partial charge >= 0.3 is 0 Å². The van der Waals surface area contributed by atoms with Crippen LogP contribution in [0, 0.1) is 5.82 Å². The molecule has 0 saturated heterocycles. The van der Waals surface area contributed by atoms with Gasteiger partial charge in [-0.15, -0.1) is 0 Å². The Hall–Kier alpha value is -5.09. The Labute approximate surface area is 235 Å². The molecule has 1 atom stereocenters. The van der Waals surface area contributed by atoms with E-state index in [1.807, 2.05) is 29.0 Å². The molecule has 5 aromatic rings. The number of carbonyl (C=O) groups is 2. The van der Waals surface area contributed by atoms with Crippen molar-refractivity contribution in [2.75, 3.05) is 19.4 Å². The fraction of sp³-hybridized carbons (Fsp3) is 0.161. The first-order valence-corrected chi connectivity index (χ1v) is 13.0. The third kappa shape index (κ3) is 5.64. The Morgan fingerprint density at radius 2 is 1.83 bits per heavy atom. The number of hydrogen-bond donors (Lipinski definition) is 3. The lowest BCUT2D eigenvalue weighted by molar-refractivity contribution is -0.117. The summed E-state index contributed by atoms with van der Waals surface area (Å²) in [6, 6.07) is 18.1. The van der Waals surface area contributed by atoms with Crippen molar-refractivity contribution in [3.05, 3.63) is 113 Å². The smallest absolute Gasteiger partial charge is 0.275 e. The summed E-state index contributed by atoms with van der Waals surface area (Å²) in [5, 5.41) is 8.95. The number of aromatic nitrogens is 3. The van der Waals surface area contributed by atoms with Crippen LogP contribution in [0.1, 0.15) is 22.8 Å². The lowest BCUT2D eigenvalue weighted by Crippen LogP contribution is -2.37. The highest BCUT2D eigenvalue weighted by Gasteiger charge is 2.17. The fourth-order valence-corrected chi connectivity index (χ4v) is 4.63. The third-order valence-electron chi connectivity index (χ3n) is 6.96. The van der Waals surface area contributed by atoms with Crippen LogP contribution in [-0.2, 0) is 11.3 Å². The van der Waals surface area contributed by atoms with E-state index in [0.717, 1.165) is 22.2 Å². The molecule has 2 amide bonds. The van der Waals surface area contributed by atoms with E-state index in [9.17, 15) is 18.8 Å². The Balaban J connectivity index is 1.59. The van der Waals surface area contributed by atoms with E-state index in [4.69, 9.17) is 0 Å². The maximum absolute atomic E-state index is 13.8. The first-order valence-electron chi connectivity index (χ1n) is 13.0. The summed E-state index contributed by atoms with van der Waals surface area (Å²) in [6.07, 6.45) is 5.20. The molecule has 1 unspecified atom stereocenters. The number of nitrogens with one attached hydrogen (secondary N) is 3. The van der Waals surface area contributed by atoms with Crippen LogP contribution in [0.15, 0.2) is 90.1 Å². The summed E-state index contributed by atoms with van der Waals surface area (Å²) >= 11 is 0. The molecule has 208 valence electrons. The van der Waals surface area contributed by atoms with Crippen molar-refractivity contribution in [1.82, 2.24) is 24.8 Å². The monoisotopic (exact) mass is 552 g/mol. The van der Waals surface area contributed by atoms with Gasteiger partial charge in [-0.1, -0.05) is 12.1 Å². The molecule has 0 aliphatic carbocycles. The van der Waals surface area contributed by atoms with Gasteiger partial charge in [0.2, 0.25) is 5.91 Å². The van der Waals surface area contributed by atoms with Gasteiger partial charge in [-0.2, -0.15) is 0 Å². The molecule has 9 nitrogen and oxygen atoms in total. The van der Waals surface area contributed by atoms with E-state index in [0.29, 0.717) is 16.8 Å². The number of pyridine rings is 2. The normalized spacial score (nSPS) is 11.8. The van der Waals surface area contributed by atoms with Crippen LogP contribution in [0.2, 0.25) is 0 Å². The molecule has 5 rings (SSSR count). The van der Waals surface area contributed by atoms with E-state index < -0.39 is 11.6 Å². The summed E-state index contributed by atoms with van der Waals surface area (Å²) in [7, 11) is 3.22. The summed E-state index contributed by atoms with van der Waals surface area (Å²) in [5.74, 6) is -0.905. The van der Waals surface area contributed by atoms with E-state index in [2.05, 4.69) is 20.9 Å². The number of halogens is 1. The van der Waals surface area contributed by atoms with E-state index in [-0.39, 0.29) is 29.9 Å². The molecule has 0 saturated carbocycles. The second kappa shape index (κ2) is 11.6. The average Bonchev–Trinajstić information content (AvgIpc) is 3.41. The molecule has 0 aliphatic heterocycles. The van der Waals surface area contributed by atoms with Crippen molar-refractivity contribution in [3.8, 4) is 16.9 Å². The quantitative estimate of drug-likeness (QED) is 0.270. The SMILES string of the molecule is CNC(=O)c1cccc(-c2ccc(NC(=O)C(C)NC)c(=O)n2Cc2cncc(-n3ccc4cc(F)ccc43)c2)c1. The third-order valence-corrected chi connectivity index (χ3v) is 6.96. The second-order valence-electron chi connectivity index (χ2n) is 9.62. The zero-order chi connectivity index (χ0) is 29.1. The van der Waals surface area contributed by atoms with E-state index in [1.54, 1.807) is 74.4 Å². The molecule has 0 bridgehead atoms. The minimum Gasteiger partial charge on any atom is -0.355 e. The van der Waals surface area contributed by atoms with Gasteiger partial charge in [0.1, 0.15) is 11.5 Å². The van der Waals surface area contributed by atoms with Crippen molar-refractivity contribution in [3.63, 3.8) is 0 Å². The number of anilines is 1. The van der Waals surface area contributed by atoms with E-state index in [1.165, 1.54) is 12.1 Å². The highest BCUT2D eigenvalue weighted by Crippen LogP contribution is 2.24. The molecule has 3 heterocycles. The minimum absolute atomic E-state index is 0.130. The number of benzene rings is 2. The lowest BCUT2D eigenvalue weighted by atomic mass is 10.1. The summed E-state index contributed by atoms with van der Waals surface area (Å²) in [4.78, 5) is 43.1. The summed E-state index contributed by atoms with van der Waals surface area (Å²) in [6.45, 7) is 1.83. The number of amides is 2. The number of hydrogen-bond acceptors (Lipinski definition) is 5. The molecule has 0 radical (unpaired) electrons. The fourth-order valence-electron chi connectivity index (χ4n) is 4.63. The van der Waals surface area contributed by atoms with Crippen molar-refractivity contribution in [2.45, 2.75) is 19.5 Å². The van der Waals surface area contributed by atoms with Gasteiger partial charge in [0.15, 0.2) is 0 Å². The zero-order valence-electron chi connectivity index (χ0n) is 22.8. The van der Waals surface area contributed by atoms with Crippen LogP contribution >= 0.6 is 0 Å². The standard InChI is InChI=1S/C31H29FN6O3/c1-19(33-2)29(39)36-26-8-10-28(21-5-4-6-23(14-21)30(40)34-3)38(31(26)41)18-20-13-25(17-35-16-20)37-12-11-22-15-24(32)7-9-27(22)37/h4-17,19,33H,18H2,1-3H3,(H,34,40)(H,36,39). The number of carbonyl (C=O) groups excluding carboxylic acids is 2. The molecular weight excluding hydrogens is 523 g/mol. The Bertz CT molecular complexity index is 1830. The Kier molecular flexibility index (Phi) is 7.75. The van der Waals surface area contributed by atoms with Crippen molar-refractivity contribution < 1.29 is 14.0 Å². The molecule has 0 fully saturated rings. The first-order chi connectivity index (χ1) is 19.8. The van der Waals surface area contributed by atoms with Crippen molar-refractivity contribution in [2.24, 2.45) is 0 Å². The van der Waals surface area contributed by atoms with Crippen molar-refractivity contribution in [1.29, 1.82) is 0 Å². The molecule has 3 aromatic heterocycles. The molecule has 3 N–H and O–H groups in total. The summed E-state index contributed by atoms with van der Waals surface area (Å²) in [5.41, 5.74) is 3.68. The van der Waals surface area contributed by atoms with Crippen LogP contribution < -0.4 is 21.5 Å². The van der Waals surface area contributed by atoms with Gasteiger partial charge in [-0.05, 0) is 79.7 Å². The first kappa shape index (κ1) is 27.5. The average molecular weight is 553 g/mol. The van der Waals surface area contributed by atoms with Crippen molar-refractivity contribution >= 4 is 28.4 Å². The van der Waals surface area contributed by atoms with Gasteiger partial charge in [0.25, 0.3) is 11.5 Å². The van der Waals surface area contributed by atoms with Crippen LogP contribution in [0.4, 0.5) is 10.1 Å². The van der Waals surface area contributed by atoms with Gasteiger partial charge in [-0.25, -0.2) is 4.39 Å². The zero-order valence-corrected chi connectivity index (χ0v) is 22.8. The van der Waals surface area contributed by atoms with E-state index >= 15 is 0 Å². The van der Waals surface area contributed by atoms with Gasteiger partial charge in [-0.3, -0.25) is 19.4 Å². The van der Waals surface area contributed by atoms with Gasteiger partial charge in [0, 0.05) is 30.4 Å². The predicted molar refractivity (Wildman–Crippen MR) is 157 cm³/mol. The topological polar surface area (TPSA) is 110 Å². The molecule has 2 aromatic carbocycles. The number of nitrogens with zero attached hydrogens (tertiary/aromatic N) is 3. The molecule has 10 heteroatoms. The molecule has 41 heavy (non-hydrogen) atoms. The second-order valence-corrected chi connectivity index (χ2v) is 9.62. The minimum atomic E-state index is -0.502. The van der Waals surface area contributed by atoms with Crippen LogP contribution in [0.3, 0.4) is 0 Å². The van der Waals surface area contributed by atoms with Gasteiger partial charge < -0.3 is 25.1 Å². The molecule has 0 spiro atoms. The number of rotatable bonds is 8. The lowest BCUT2D eigenvalue weighted by Gasteiger charge is -2.17. The predicted octanol–water partition coefficient (Wildman–Crippen LogP) is 3.95. The largest absolute Gasteiger partial charge is 0.355 e. The maximum atomic E-state index is 13.8. The van der Waals surface area contributed by atoms with Gasteiger partial charge in [0.05, 0.1) is 35.7 Å². The summed E-state index contributed by atoms with van der Waals surface area (Å²) < 4.78 is 17.2. The highest BCUT2D eigenvalue weighted by atomic mass is 19.1. The molecule has 0 aliphatic rings.